The summed E-state index contributed by atoms with van der Waals surface area (Å²) in [6.45, 7) is 7.84. The third-order valence-electron chi connectivity index (χ3n) is 5.21. The summed E-state index contributed by atoms with van der Waals surface area (Å²) in [5.74, 6) is 1.72. The first-order valence-electron chi connectivity index (χ1n) is 8.86. The Balaban J connectivity index is 1.45. The second-order valence-electron chi connectivity index (χ2n) is 7.00. The van der Waals surface area contributed by atoms with Gasteiger partial charge in [0.1, 0.15) is 5.82 Å². The largest absolute Gasteiger partial charge is 0.371 e. The number of para-hydroxylation sites is 1. The normalized spacial score (nSPS) is 22.1. The Morgan fingerprint density at radius 1 is 1.17 bits per heavy atom. The van der Waals surface area contributed by atoms with E-state index in [1.54, 1.807) is 0 Å². The van der Waals surface area contributed by atoms with Gasteiger partial charge < -0.3 is 9.88 Å². The molecule has 1 aromatic carbocycles. The van der Waals surface area contributed by atoms with E-state index in [1.807, 2.05) is 6.20 Å². The molecule has 4 heteroatoms. The van der Waals surface area contributed by atoms with Gasteiger partial charge in [-0.25, -0.2) is 4.98 Å². The van der Waals surface area contributed by atoms with Crippen LogP contribution in [-0.4, -0.2) is 41.0 Å². The highest BCUT2D eigenvalue weighted by Crippen LogP contribution is 2.30. The maximum Gasteiger partial charge on any atom is 0.110 e. The van der Waals surface area contributed by atoms with E-state index in [0.29, 0.717) is 5.92 Å². The molecule has 2 aromatic rings. The number of likely N-dealkylation sites (tertiary alicyclic amines) is 1. The van der Waals surface area contributed by atoms with Gasteiger partial charge in [0.25, 0.3) is 0 Å². The predicted octanol–water partition coefficient (Wildman–Crippen LogP) is 3.31. The van der Waals surface area contributed by atoms with E-state index in [1.165, 1.54) is 50.1 Å². The summed E-state index contributed by atoms with van der Waals surface area (Å²) in [7, 11) is 0. The Morgan fingerprint density at radius 3 is 2.78 bits per heavy atom. The topological polar surface area (TPSA) is 35.2 Å². The van der Waals surface area contributed by atoms with Crippen LogP contribution in [0.1, 0.15) is 42.3 Å². The molecule has 2 aliphatic heterocycles. The maximum atomic E-state index is 4.53. The second kappa shape index (κ2) is 6.36. The minimum atomic E-state index is 0.558. The van der Waals surface area contributed by atoms with E-state index in [-0.39, 0.29) is 0 Å². The van der Waals surface area contributed by atoms with Crippen LogP contribution in [-0.2, 0) is 6.54 Å². The molecule has 2 fully saturated rings. The lowest BCUT2D eigenvalue weighted by Crippen LogP contribution is -2.24. The average molecular weight is 310 g/mol. The third-order valence-corrected chi connectivity index (χ3v) is 5.21. The van der Waals surface area contributed by atoms with Crippen molar-refractivity contribution < 1.29 is 0 Å². The van der Waals surface area contributed by atoms with Gasteiger partial charge in [0.2, 0.25) is 0 Å². The van der Waals surface area contributed by atoms with Crippen LogP contribution in [0.5, 0.6) is 0 Å². The van der Waals surface area contributed by atoms with Crippen molar-refractivity contribution in [3.05, 3.63) is 47.5 Å². The fraction of sp³-hybridized carbons (Fsp3) is 0.526. The molecule has 0 unspecified atom stereocenters. The number of hydrogen-bond donors (Lipinski definition) is 1. The number of anilines is 1. The first-order valence-corrected chi connectivity index (χ1v) is 8.86. The molecule has 0 saturated carbocycles. The molecule has 4 rings (SSSR count). The number of hydrogen-bond acceptors (Lipinski definition) is 3. The van der Waals surface area contributed by atoms with Crippen molar-refractivity contribution in [3.8, 4) is 0 Å². The molecule has 3 heterocycles. The van der Waals surface area contributed by atoms with Crippen molar-refractivity contribution >= 4 is 5.69 Å². The molecule has 2 aliphatic rings. The summed E-state index contributed by atoms with van der Waals surface area (Å²) in [5.41, 5.74) is 4.09. The zero-order valence-corrected chi connectivity index (χ0v) is 14.0. The van der Waals surface area contributed by atoms with Crippen LogP contribution < -0.4 is 4.90 Å². The van der Waals surface area contributed by atoms with Crippen molar-refractivity contribution in [2.75, 3.05) is 31.1 Å². The van der Waals surface area contributed by atoms with Crippen molar-refractivity contribution in [2.45, 2.75) is 38.6 Å². The van der Waals surface area contributed by atoms with Gasteiger partial charge >= 0.3 is 0 Å². The van der Waals surface area contributed by atoms with E-state index in [9.17, 15) is 0 Å². The molecule has 1 atom stereocenters. The van der Waals surface area contributed by atoms with Gasteiger partial charge in [-0.3, -0.25) is 4.90 Å². The molecule has 0 aliphatic carbocycles. The smallest absolute Gasteiger partial charge is 0.110 e. The third kappa shape index (κ3) is 3.13. The number of aromatic amines is 1. The van der Waals surface area contributed by atoms with Crippen LogP contribution in [0, 0.1) is 6.92 Å². The van der Waals surface area contributed by atoms with Crippen molar-refractivity contribution in [1.82, 2.24) is 14.9 Å². The Labute approximate surface area is 138 Å². The van der Waals surface area contributed by atoms with E-state index >= 15 is 0 Å². The predicted molar refractivity (Wildman–Crippen MR) is 93.8 cm³/mol. The molecular formula is C19H26N4. The summed E-state index contributed by atoms with van der Waals surface area (Å²) in [4.78, 5) is 13.1. The highest BCUT2D eigenvalue weighted by atomic mass is 15.2. The minimum absolute atomic E-state index is 0.558. The standard InChI is InChI=1S/C19H26N4/c1-15-12-20-19(21-15)17-8-11-22(14-17)13-16-6-2-3-7-18(16)23-9-4-5-10-23/h2-3,6-7,12,17H,4-5,8-11,13-14H2,1H3,(H,20,21)/t17-/m1/s1. The molecule has 2 saturated heterocycles. The van der Waals surface area contributed by atoms with Crippen LogP contribution in [0.2, 0.25) is 0 Å². The Bertz CT molecular complexity index is 657. The first kappa shape index (κ1) is 14.8. The number of aryl methyl sites for hydroxylation is 1. The number of imidazole rings is 1. The lowest BCUT2D eigenvalue weighted by Gasteiger charge is -2.24. The molecule has 1 aromatic heterocycles. The molecule has 0 amide bonds. The molecule has 23 heavy (non-hydrogen) atoms. The van der Waals surface area contributed by atoms with Gasteiger partial charge in [0, 0.05) is 49.7 Å². The minimum Gasteiger partial charge on any atom is -0.371 e. The van der Waals surface area contributed by atoms with Gasteiger partial charge in [-0.15, -0.1) is 0 Å². The van der Waals surface area contributed by atoms with Gasteiger partial charge in [-0.2, -0.15) is 0 Å². The van der Waals surface area contributed by atoms with Crippen molar-refractivity contribution in [1.29, 1.82) is 0 Å². The Hall–Kier alpha value is -1.81. The number of aromatic nitrogens is 2. The lowest BCUT2D eigenvalue weighted by atomic mass is 10.1. The van der Waals surface area contributed by atoms with Gasteiger partial charge in [0.05, 0.1) is 0 Å². The molecule has 122 valence electrons. The van der Waals surface area contributed by atoms with Crippen LogP contribution >= 0.6 is 0 Å². The summed E-state index contributed by atoms with van der Waals surface area (Å²) in [6, 6.07) is 8.95. The van der Waals surface area contributed by atoms with Crippen LogP contribution in [0.3, 0.4) is 0 Å². The van der Waals surface area contributed by atoms with Crippen LogP contribution in [0.4, 0.5) is 5.69 Å². The number of benzene rings is 1. The number of H-pyrrole nitrogens is 1. The van der Waals surface area contributed by atoms with Crippen molar-refractivity contribution in [2.24, 2.45) is 0 Å². The molecule has 1 N–H and O–H groups in total. The highest BCUT2D eigenvalue weighted by molar-refractivity contribution is 5.54. The van der Waals surface area contributed by atoms with Gasteiger partial charge in [0.15, 0.2) is 0 Å². The number of nitrogens with zero attached hydrogens (tertiary/aromatic N) is 3. The molecule has 0 spiro atoms. The molecule has 0 radical (unpaired) electrons. The number of nitrogens with one attached hydrogen (secondary N) is 1. The van der Waals surface area contributed by atoms with Gasteiger partial charge in [-0.1, -0.05) is 18.2 Å². The molecule has 0 bridgehead atoms. The average Bonchev–Trinajstić information content (AvgIpc) is 3.29. The first-order chi connectivity index (χ1) is 11.3. The summed E-state index contributed by atoms with van der Waals surface area (Å²) in [6.07, 6.45) is 5.81. The highest BCUT2D eigenvalue weighted by Gasteiger charge is 2.26. The number of rotatable bonds is 4. The molecular weight excluding hydrogens is 284 g/mol. The van der Waals surface area contributed by atoms with Gasteiger partial charge in [-0.05, 0) is 44.4 Å². The monoisotopic (exact) mass is 310 g/mol. The summed E-state index contributed by atoms with van der Waals surface area (Å²) in [5, 5.41) is 0. The van der Waals surface area contributed by atoms with E-state index in [2.05, 4.69) is 51.0 Å². The van der Waals surface area contributed by atoms with Crippen LogP contribution in [0.15, 0.2) is 30.5 Å². The summed E-state index contributed by atoms with van der Waals surface area (Å²) >= 11 is 0. The second-order valence-corrected chi connectivity index (χ2v) is 7.00. The van der Waals surface area contributed by atoms with E-state index in [4.69, 9.17) is 0 Å². The SMILES string of the molecule is Cc1cnc([C@@H]2CCN(Cc3ccccc3N3CCCC3)C2)[nH]1. The molecule has 4 nitrogen and oxygen atoms in total. The Morgan fingerprint density at radius 2 is 2.00 bits per heavy atom. The zero-order valence-electron chi connectivity index (χ0n) is 14.0. The van der Waals surface area contributed by atoms with E-state index < -0.39 is 0 Å². The summed E-state index contributed by atoms with van der Waals surface area (Å²) < 4.78 is 0. The lowest BCUT2D eigenvalue weighted by molar-refractivity contribution is 0.326. The fourth-order valence-electron chi connectivity index (χ4n) is 3.99. The Kier molecular flexibility index (Phi) is 4.08. The fourth-order valence-corrected chi connectivity index (χ4v) is 3.99. The quantitative estimate of drug-likeness (QED) is 0.941. The maximum absolute atomic E-state index is 4.53. The van der Waals surface area contributed by atoms with Crippen molar-refractivity contribution in [3.63, 3.8) is 0 Å². The zero-order chi connectivity index (χ0) is 15.6. The van der Waals surface area contributed by atoms with Crippen LogP contribution in [0.25, 0.3) is 0 Å². The van der Waals surface area contributed by atoms with E-state index in [0.717, 1.165) is 24.6 Å².